The van der Waals surface area contributed by atoms with Gasteiger partial charge in [-0.1, -0.05) is 18.2 Å². The first-order valence-corrected chi connectivity index (χ1v) is 4.84. The van der Waals surface area contributed by atoms with E-state index in [2.05, 4.69) is 10.6 Å². The monoisotopic (exact) mass is 226 g/mol. The lowest BCUT2D eigenvalue weighted by atomic mass is 10.3. The Morgan fingerprint density at radius 1 is 1.27 bits per heavy atom. The molecule has 0 aliphatic rings. The summed E-state index contributed by atoms with van der Waals surface area (Å²) in [5.41, 5.74) is 0.616. The molecule has 0 heterocycles. The smallest absolute Gasteiger partial charge is 0.308 e. The van der Waals surface area contributed by atoms with Crippen LogP contribution in [0.25, 0.3) is 0 Å². The highest BCUT2D eigenvalue weighted by molar-refractivity contribution is 6.31. The topological polar surface area (TPSA) is 58.2 Å². The first-order valence-electron chi connectivity index (χ1n) is 4.40. The number of rotatable bonds is 2. The molecule has 2 N–H and O–H groups in total. The van der Waals surface area contributed by atoms with Gasteiger partial charge in [-0.05, 0) is 19.1 Å². The zero-order valence-electron chi connectivity index (χ0n) is 8.16. The summed E-state index contributed by atoms with van der Waals surface area (Å²) < 4.78 is 0. The number of nitrogens with one attached hydrogen (secondary N) is 2. The third kappa shape index (κ3) is 3.99. The third-order valence-corrected chi connectivity index (χ3v) is 1.83. The zero-order valence-corrected chi connectivity index (χ0v) is 8.91. The number of benzene rings is 1. The summed E-state index contributed by atoms with van der Waals surface area (Å²) in [4.78, 5) is 22.3. The predicted octanol–water partition coefficient (Wildman–Crippen LogP) is 1.96. The number of hydrogen-bond acceptors (Lipinski definition) is 2. The number of halogens is 1. The number of anilines is 1. The van der Waals surface area contributed by atoms with Crippen LogP contribution in [-0.4, -0.2) is 17.3 Å². The predicted molar refractivity (Wildman–Crippen MR) is 58.9 cm³/mol. The molecule has 0 spiro atoms. The Bertz CT molecular complexity index is 352. The van der Waals surface area contributed by atoms with Crippen LogP contribution in [0, 0.1) is 0 Å². The number of alkyl halides is 1. The summed E-state index contributed by atoms with van der Waals surface area (Å²) in [6.07, 6.45) is 0. The van der Waals surface area contributed by atoms with Crippen LogP contribution in [0.15, 0.2) is 30.3 Å². The van der Waals surface area contributed by atoms with E-state index in [0.717, 1.165) is 0 Å². The van der Waals surface area contributed by atoms with E-state index in [1.807, 2.05) is 6.07 Å². The second kappa shape index (κ2) is 5.36. The van der Waals surface area contributed by atoms with E-state index in [9.17, 15) is 9.59 Å². The van der Waals surface area contributed by atoms with Gasteiger partial charge in [-0.15, -0.1) is 11.6 Å². The normalized spacial score (nSPS) is 11.6. The molecule has 0 saturated heterocycles. The largest absolute Gasteiger partial charge is 0.325 e. The van der Waals surface area contributed by atoms with Gasteiger partial charge in [0.1, 0.15) is 5.38 Å². The molecule has 0 fully saturated rings. The summed E-state index contributed by atoms with van der Waals surface area (Å²) in [7, 11) is 0. The van der Waals surface area contributed by atoms with E-state index in [0.29, 0.717) is 5.69 Å². The van der Waals surface area contributed by atoms with Gasteiger partial charge in [0.15, 0.2) is 0 Å². The first kappa shape index (κ1) is 11.5. The summed E-state index contributed by atoms with van der Waals surface area (Å²) in [6, 6.07) is 8.24. The molecule has 0 bridgehead atoms. The van der Waals surface area contributed by atoms with Crippen molar-refractivity contribution in [1.29, 1.82) is 0 Å². The molecule has 1 atom stereocenters. The van der Waals surface area contributed by atoms with Gasteiger partial charge >= 0.3 is 6.03 Å². The third-order valence-electron chi connectivity index (χ3n) is 1.63. The molecule has 1 aromatic carbocycles. The van der Waals surface area contributed by atoms with Crippen molar-refractivity contribution in [2.24, 2.45) is 0 Å². The van der Waals surface area contributed by atoms with Crippen LogP contribution in [0.5, 0.6) is 0 Å². The molecular weight excluding hydrogens is 216 g/mol. The number of amides is 3. The van der Waals surface area contributed by atoms with Crippen LogP contribution >= 0.6 is 11.6 Å². The lowest BCUT2D eigenvalue weighted by Gasteiger charge is -2.06. The summed E-state index contributed by atoms with van der Waals surface area (Å²) in [5, 5.41) is 3.88. The number of imide groups is 1. The minimum Gasteiger partial charge on any atom is -0.308 e. The van der Waals surface area contributed by atoms with Gasteiger partial charge in [0.25, 0.3) is 0 Å². The van der Waals surface area contributed by atoms with Crippen molar-refractivity contribution in [2.45, 2.75) is 12.3 Å². The highest BCUT2D eigenvalue weighted by atomic mass is 35.5. The van der Waals surface area contributed by atoms with Crippen LogP contribution < -0.4 is 10.6 Å². The maximum absolute atomic E-state index is 11.2. The molecule has 0 aromatic heterocycles. The molecule has 1 rings (SSSR count). The van der Waals surface area contributed by atoms with Gasteiger partial charge < -0.3 is 5.32 Å². The van der Waals surface area contributed by atoms with E-state index in [4.69, 9.17) is 11.6 Å². The van der Waals surface area contributed by atoms with E-state index in [-0.39, 0.29) is 0 Å². The molecule has 0 unspecified atom stereocenters. The minimum absolute atomic E-state index is 0.523. The number of carbonyl (C=O) groups is 2. The van der Waals surface area contributed by atoms with Gasteiger partial charge in [0.2, 0.25) is 5.91 Å². The van der Waals surface area contributed by atoms with Crippen LogP contribution in [0.2, 0.25) is 0 Å². The second-order valence-corrected chi connectivity index (χ2v) is 3.58. The van der Waals surface area contributed by atoms with Crippen molar-refractivity contribution < 1.29 is 9.59 Å². The van der Waals surface area contributed by atoms with Crippen molar-refractivity contribution in [3.05, 3.63) is 30.3 Å². The van der Waals surface area contributed by atoms with Gasteiger partial charge in [-0.3, -0.25) is 10.1 Å². The maximum atomic E-state index is 11.2. The lowest BCUT2D eigenvalue weighted by Crippen LogP contribution is -2.38. The summed E-state index contributed by atoms with van der Waals surface area (Å²) in [5.74, 6) is -0.523. The van der Waals surface area contributed by atoms with Crippen molar-refractivity contribution >= 4 is 29.2 Å². The molecule has 0 aliphatic carbocycles. The number of para-hydroxylation sites is 1. The van der Waals surface area contributed by atoms with Gasteiger partial charge in [0.05, 0.1) is 0 Å². The Morgan fingerprint density at radius 2 is 1.87 bits per heavy atom. The average Bonchev–Trinajstić information content (AvgIpc) is 2.18. The SMILES string of the molecule is C[C@H](Cl)C(=O)NC(=O)Nc1ccccc1. The molecule has 80 valence electrons. The fourth-order valence-corrected chi connectivity index (χ4v) is 0.950. The molecule has 0 aliphatic heterocycles. The average molecular weight is 227 g/mol. The maximum Gasteiger partial charge on any atom is 0.325 e. The van der Waals surface area contributed by atoms with Gasteiger partial charge in [0, 0.05) is 5.69 Å². The van der Waals surface area contributed by atoms with E-state index in [1.165, 1.54) is 6.92 Å². The van der Waals surface area contributed by atoms with Gasteiger partial charge in [-0.2, -0.15) is 0 Å². The number of carbonyl (C=O) groups excluding carboxylic acids is 2. The van der Waals surface area contributed by atoms with Crippen molar-refractivity contribution in [1.82, 2.24) is 5.32 Å². The fourth-order valence-electron chi connectivity index (χ4n) is 0.895. The molecule has 0 saturated carbocycles. The van der Waals surface area contributed by atoms with Gasteiger partial charge in [-0.25, -0.2) is 4.79 Å². The van der Waals surface area contributed by atoms with Crippen molar-refractivity contribution in [3.63, 3.8) is 0 Å². The van der Waals surface area contributed by atoms with E-state index in [1.54, 1.807) is 24.3 Å². The second-order valence-electron chi connectivity index (χ2n) is 2.93. The summed E-state index contributed by atoms with van der Waals surface area (Å²) >= 11 is 5.48. The zero-order chi connectivity index (χ0) is 11.3. The standard InChI is InChI=1S/C10H11ClN2O2/c1-7(11)9(14)13-10(15)12-8-5-3-2-4-6-8/h2-7H,1H3,(H2,12,13,14,15)/t7-/m0/s1. The molecule has 4 nitrogen and oxygen atoms in total. The minimum atomic E-state index is -0.730. The van der Waals surface area contributed by atoms with Crippen LogP contribution in [0.3, 0.4) is 0 Å². The van der Waals surface area contributed by atoms with Crippen LogP contribution in [-0.2, 0) is 4.79 Å². The van der Waals surface area contributed by atoms with E-state index < -0.39 is 17.3 Å². The molecular formula is C10H11ClN2O2. The molecule has 15 heavy (non-hydrogen) atoms. The Hall–Kier alpha value is -1.55. The Labute approximate surface area is 92.6 Å². The lowest BCUT2D eigenvalue weighted by molar-refractivity contribution is -0.119. The number of hydrogen-bond donors (Lipinski definition) is 2. The Balaban J connectivity index is 2.47. The Morgan fingerprint density at radius 3 is 2.40 bits per heavy atom. The number of urea groups is 1. The van der Waals surface area contributed by atoms with E-state index >= 15 is 0 Å². The molecule has 1 aromatic rings. The quantitative estimate of drug-likeness (QED) is 0.758. The fraction of sp³-hybridized carbons (Fsp3) is 0.200. The highest BCUT2D eigenvalue weighted by Gasteiger charge is 2.12. The Kier molecular flexibility index (Phi) is 4.12. The summed E-state index contributed by atoms with van der Waals surface area (Å²) in [6.45, 7) is 1.49. The molecule has 5 heteroatoms. The van der Waals surface area contributed by atoms with Crippen molar-refractivity contribution in [2.75, 3.05) is 5.32 Å². The molecule has 3 amide bonds. The molecule has 0 radical (unpaired) electrons. The first-order chi connectivity index (χ1) is 7.09. The highest BCUT2D eigenvalue weighted by Crippen LogP contribution is 2.04. The van der Waals surface area contributed by atoms with Crippen LogP contribution in [0.4, 0.5) is 10.5 Å². The van der Waals surface area contributed by atoms with Crippen molar-refractivity contribution in [3.8, 4) is 0 Å². The van der Waals surface area contributed by atoms with Crippen LogP contribution in [0.1, 0.15) is 6.92 Å².